The van der Waals surface area contributed by atoms with Crippen molar-refractivity contribution < 1.29 is 19.0 Å². The van der Waals surface area contributed by atoms with Crippen molar-refractivity contribution in [1.29, 1.82) is 0 Å². The van der Waals surface area contributed by atoms with Gasteiger partial charge in [0, 0.05) is 24.8 Å². The highest BCUT2D eigenvalue weighted by atomic mass is 32.1. The number of thiazole rings is 1. The Bertz CT molecular complexity index is 993. The highest BCUT2D eigenvalue weighted by Gasteiger charge is 2.38. The van der Waals surface area contributed by atoms with Crippen LogP contribution in [0.1, 0.15) is 18.6 Å². The molecule has 1 amide bonds. The zero-order chi connectivity index (χ0) is 19.7. The van der Waals surface area contributed by atoms with Gasteiger partial charge in [-0.25, -0.2) is 4.98 Å². The Balaban J connectivity index is 1.78. The highest BCUT2D eigenvalue weighted by Crippen LogP contribution is 2.39. The molecule has 3 atom stereocenters. The van der Waals surface area contributed by atoms with E-state index < -0.39 is 0 Å². The van der Waals surface area contributed by atoms with Crippen LogP contribution in [-0.4, -0.2) is 42.3 Å². The standard InChI is InChI=1S/C20H21N3O4S/c1-11(8-25-2)27-17-6-16(18-7-22-10-28-18)23-15-4-3-12(5-13(15)17)19-14(9-26-19)20(21)24/h3-7,10-11,14,19H,8-9H2,1-2H3,(H2,21,24). The molecule has 3 heterocycles. The lowest BCUT2D eigenvalue weighted by Crippen LogP contribution is -2.42. The average molecular weight is 399 g/mol. The Morgan fingerprint density at radius 1 is 1.43 bits per heavy atom. The van der Waals surface area contributed by atoms with Crippen molar-refractivity contribution in [3.05, 3.63) is 41.5 Å². The van der Waals surface area contributed by atoms with Gasteiger partial charge < -0.3 is 19.9 Å². The topological polar surface area (TPSA) is 96.6 Å². The average Bonchev–Trinajstić information content (AvgIpc) is 3.15. The number of hydrogen-bond donors (Lipinski definition) is 1. The summed E-state index contributed by atoms with van der Waals surface area (Å²) in [4.78, 5) is 21.4. The number of nitrogens with two attached hydrogens (primary N) is 1. The van der Waals surface area contributed by atoms with Gasteiger partial charge in [0.15, 0.2) is 0 Å². The zero-order valence-electron chi connectivity index (χ0n) is 15.6. The minimum atomic E-state index is -0.347. The number of amides is 1. The Morgan fingerprint density at radius 2 is 2.29 bits per heavy atom. The molecule has 0 aliphatic carbocycles. The first-order valence-corrected chi connectivity index (χ1v) is 9.85. The van der Waals surface area contributed by atoms with Gasteiger partial charge in [-0.15, -0.1) is 11.3 Å². The molecule has 0 bridgehead atoms. The minimum Gasteiger partial charge on any atom is -0.488 e. The second kappa shape index (κ2) is 7.83. The molecule has 0 spiro atoms. The van der Waals surface area contributed by atoms with Crippen LogP contribution < -0.4 is 10.5 Å². The molecule has 4 rings (SSSR count). The SMILES string of the molecule is COCC(C)Oc1cc(-c2cncs2)nc2ccc(C3OCC3C(N)=O)cc12. The summed E-state index contributed by atoms with van der Waals surface area (Å²) in [6, 6.07) is 7.73. The van der Waals surface area contributed by atoms with Crippen LogP contribution in [0, 0.1) is 5.92 Å². The fourth-order valence-corrected chi connectivity index (χ4v) is 3.87. The van der Waals surface area contributed by atoms with E-state index in [0.717, 1.165) is 27.0 Å². The van der Waals surface area contributed by atoms with E-state index in [2.05, 4.69) is 4.98 Å². The predicted octanol–water partition coefficient (Wildman–Crippen LogP) is 2.94. The van der Waals surface area contributed by atoms with Gasteiger partial charge in [0.2, 0.25) is 5.91 Å². The molecule has 0 radical (unpaired) electrons. The van der Waals surface area contributed by atoms with Crippen LogP contribution in [0.25, 0.3) is 21.5 Å². The number of primary amides is 1. The van der Waals surface area contributed by atoms with E-state index in [-0.39, 0.29) is 24.0 Å². The molecule has 28 heavy (non-hydrogen) atoms. The zero-order valence-corrected chi connectivity index (χ0v) is 16.4. The number of pyridine rings is 1. The summed E-state index contributed by atoms with van der Waals surface area (Å²) in [5.41, 5.74) is 9.73. The van der Waals surface area contributed by atoms with Crippen molar-refractivity contribution in [1.82, 2.24) is 9.97 Å². The lowest BCUT2D eigenvalue weighted by atomic mass is 9.90. The number of benzene rings is 1. The molecule has 0 saturated carbocycles. The summed E-state index contributed by atoms with van der Waals surface area (Å²) in [7, 11) is 1.64. The third-order valence-electron chi connectivity index (χ3n) is 4.72. The Kier molecular flexibility index (Phi) is 5.25. The van der Waals surface area contributed by atoms with Crippen LogP contribution in [0.15, 0.2) is 36.0 Å². The normalized spacial score (nSPS) is 19.9. The van der Waals surface area contributed by atoms with E-state index >= 15 is 0 Å². The summed E-state index contributed by atoms with van der Waals surface area (Å²) in [5.74, 6) is 0.0496. The molecule has 2 N–H and O–H groups in total. The molecule has 1 aliphatic heterocycles. The first-order valence-electron chi connectivity index (χ1n) is 8.97. The first kappa shape index (κ1) is 18.8. The fraction of sp³-hybridized carbons (Fsp3) is 0.350. The van der Waals surface area contributed by atoms with Gasteiger partial charge in [0.05, 0.1) is 46.8 Å². The molecule has 1 fully saturated rings. The number of hydrogen-bond acceptors (Lipinski definition) is 7. The van der Waals surface area contributed by atoms with E-state index in [4.69, 9.17) is 24.9 Å². The molecule has 2 aromatic heterocycles. The highest BCUT2D eigenvalue weighted by molar-refractivity contribution is 7.13. The summed E-state index contributed by atoms with van der Waals surface area (Å²) >= 11 is 1.52. The van der Waals surface area contributed by atoms with Gasteiger partial charge >= 0.3 is 0 Å². The maximum absolute atomic E-state index is 11.6. The van der Waals surface area contributed by atoms with Crippen LogP contribution in [0.3, 0.4) is 0 Å². The van der Waals surface area contributed by atoms with E-state index in [1.54, 1.807) is 18.8 Å². The van der Waals surface area contributed by atoms with Crippen LogP contribution in [0.5, 0.6) is 5.75 Å². The molecule has 1 aromatic carbocycles. The van der Waals surface area contributed by atoms with Crippen molar-refractivity contribution >= 4 is 28.1 Å². The summed E-state index contributed by atoms with van der Waals surface area (Å²) in [6.07, 6.45) is 1.33. The Morgan fingerprint density at radius 3 is 2.93 bits per heavy atom. The Labute approximate surface area is 166 Å². The number of carbonyl (C=O) groups excluding carboxylic acids is 1. The molecular weight excluding hydrogens is 378 g/mol. The van der Waals surface area contributed by atoms with Gasteiger partial charge in [-0.3, -0.25) is 9.78 Å². The lowest BCUT2D eigenvalue weighted by Gasteiger charge is -2.35. The van der Waals surface area contributed by atoms with Gasteiger partial charge in [0.25, 0.3) is 0 Å². The molecule has 8 heteroatoms. The van der Waals surface area contributed by atoms with Crippen molar-refractivity contribution in [3.63, 3.8) is 0 Å². The van der Waals surface area contributed by atoms with Crippen molar-refractivity contribution in [2.24, 2.45) is 11.7 Å². The molecule has 7 nitrogen and oxygen atoms in total. The summed E-state index contributed by atoms with van der Waals surface area (Å²) in [5, 5.41) is 0.854. The van der Waals surface area contributed by atoms with Crippen LogP contribution in [0.2, 0.25) is 0 Å². The molecule has 3 aromatic rings. The second-order valence-electron chi connectivity index (χ2n) is 6.79. The number of fused-ring (bicyclic) bond motifs is 1. The molecule has 3 unspecified atom stereocenters. The molecule has 1 aliphatic rings. The number of ether oxygens (including phenoxy) is 3. The van der Waals surface area contributed by atoms with Crippen LogP contribution in [-0.2, 0) is 14.3 Å². The fourth-order valence-electron chi connectivity index (χ4n) is 3.29. The summed E-state index contributed by atoms with van der Waals surface area (Å²) in [6.45, 7) is 2.77. The van der Waals surface area contributed by atoms with Crippen molar-refractivity contribution in [2.45, 2.75) is 19.1 Å². The number of carbonyl (C=O) groups is 1. The smallest absolute Gasteiger partial charge is 0.225 e. The van der Waals surface area contributed by atoms with Gasteiger partial charge in [-0.2, -0.15) is 0 Å². The van der Waals surface area contributed by atoms with E-state index in [9.17, 15) is 4.79 Å². The quantitative estimate of drug-likeness (QED) is 0.656. The van der Waals surface area contributed by atoms with Crippen LogP contribution >= 0.6 is 11.3 Å². The van der Waals surface area contributed by atoms with Gasteiger partial charge in [-0.05, 0) is 24.6 Å². The monoisotopic (exact) mass is 399 g/mol. The van der Waals surface area contributed by atoms with E-state index in [1.807, 2.05) is 31.2 Å². The Hall–Kier alpha value is -2.55. The third-order valence-corrected chi connectivity index (χ3v) is 5.52. The van der Waals surface area contributed by atoms with Crippen LogP contribution in [0.4, 0.5) is 0 Å². The van der Waals surface area contributed by atoms with Gasteiger partial charge in [-0.1, -0.05) is 6.07 Å². The largest absolute Gasteiger partial charge is 0.488 e. The van der Waals surface area contributed by atoms with Gasteiger partial charge in [0.1, 0.15) is 11.9 Å². The molecular formula is C20H21N3O4S. The molecule has 1 saturated heterocycles. The first-order chi connectivity index (χ1) is 13.6. The minimum absolute atomic E-state index is 0.133. The summed E-state index contributed by atoms with van der Waals surface area (Å²) < 4.78 is 16.9. The number of aromatic nitrogens is 2. The maximum Gasteiger partial charge on any atom is 0.225 e. The van der Waals surface area contributed by atoms with Crippen molar-refractivity contribution in [3.8, 4) is 16.3 Å². The molecule has 146 valence electrons. The number of methoxy groups -OCH3 is 1. The lowest BCUT2D eigenvalue weighted by molar-refractivity contribution is -0.154. The number of rotatable bonds is 7. The maximum atomic E-state index is 11.6. The third kappa shape index (κ3) is 3.58. The van der Waals surface area contributed by atoms with Crippen molar-refractivity contribution in [2.75, 3.05) is 20.3 Å². The van der Waals surface area contributed by atoms with E-state index in [0.29, 0.717) is 19.0 Å². The van der Waals surface area contributed by atoms with E-state index in [1.165, 1.54) is 11.3 Å². The second-order valence-corrected chi connectivity index (χ2v) is 7.68. The predicted molar refractivity (Wildman–Crippen MR) is 106 cm³/mol. The number of nitrogens with zero attached hydrogens (tertiary/aromatic N) is 2.